The highest BCUT2D eigenvalue weighted by Crippen LogP contribution is 2.38. The smallest absolute Gasteiger partial charge is 0.317 e. The van der Waals surface area contributed by atoms with E-state index >= 15 is 0 Å². The minimum absolute atomic E-state index is 0.00227. The predicted molar refractivity (Wildman–Crippen MR) is 117 cm³/mol. The second-order valence-electron chi connectivity index (χ2n) is 8.48. The summed E-state index contributed by atoms with van der Waals surface area (Å²) in [6.07, 6.45) is 2.96. The molecule has 0 unspecified atom stereocenters. The van der Waals surface area contributed by atoms with E-state index in [2.05, 4.69) is 10.2 Å². The average Bonchev–Trinajstić information content (AvgIpc) is 3.52. The Morgan fingerprint density at radius 3 is 2.68 bits per heavy atom. The number of hydrogen-bond acceptors (Lipinski definition) is 6. The fourth-order valence-corrected chi connectivity index (χ4v) is 5.08. The van der Waals surface area contributed by atoms with Crippen LogP contribution in [-0.2, 0) is 9.47 Å². The van der Waals surface area contributed by atoms with E-state index in [1.165, 1.54) is 0 Å². The van der Waals surface area contributed by atoms with Gasteiger partial charge in [-0.3, -0.25) is 4.90 Å². The van der Waals surface area contributed by atoms with Crippen molar-refractivity contribution in [3.05, 3.63) is 23.8 Å². The Hall–Kier alpha value is -2.03. The zero-order valence-corrected chi connectivity index (χ0v) is 18.7. The third-order valence-corrected chi connectivity index (χ3v) is 6.80. The van der Waals surface area contributed by atoms with Gasteiger partial charge >= 0.3 is 6.03 Å². The molecule has 0 saturated carbocycles. The number of methoxy groups -OCH3 is 2. The van der Waals surface area contributed by atoms with Crippen molar-refractivity contribution >= 4 is 6.03 Å². The van der Waals surface area contributed by atoms with Crippen LogP contribution in [0.4, 0.5) is 4.79 Å². The van der Waals surface area contributed by atoms with E-state index < -0.39 is 0 Å². The lowest BCUT2D eigenvalue weighted by molar-refractivity contribution is 0.00183. The van der Waals surface area contributed by atoms with E-state index in [-0.39, 0.29) is 18.1 Å². The Morgan fingerprint density at radius 1 is 1.13 bits per heavy atom. The molecule has 0 bridgehead atoms. The summed E-state index contributed by atoms with van der Waals surface area (Å²) in [6.45, 7) is 6.29. The normalized spacial score (nSPS) is 25.4. The molecule has 31 heavy (non-hydrogen) atoms. The van der Waals surface area contributed by atoms with Gasteiger partial charge in [0.25, 0.3) is 0 Å². The largest absolute Gasteiger partial charge is 0.497 e. The third kappa shape index (κ3) is 5.07. The SMILES string of the molecule is COc1ccc([C@@H]2CCCN2C(=O)NC[C@@H]([C@H]2CCOC2)N2CCOCC2)c(OC)c1. The van der Waals surface area contributed by atoms with Crippen molar-refractivity contribution in [3.8, 4) is 11.5 Å². The minimum atomic E-state index is -0.00227. The Balaban J connectivity index is 1.43. The number of ether oxygens (including phenoxy) is 4. The number of amides is 2. The van der Waals surface area contributed by atoms with Crippen LogP contribution in [0, 0.1) is 5.92 Å². The zero-order chi connectivity index (χ0) is 21.6. The van der Waals surface area contributed by atoms with Gasteiger partial charge in [-0.25, -0.2) is 4.79 Å². The van der Waals surface area contributed by atoms with Crippen molar-refractivity contribution < 1.29 is 23.7 Å². The van der Waals surface area contributed by atoms with Gasteiger partial charge < -0.3 is 29.2 Å². The predicted octanol–water partition coefficient (Wildman–Crippen LogP) is 2.29. The summed E-state index contributed by atoms with van der Waals surface area (Å²) in [5, 5.41) is 3.24. The van der Waals surface area contributed by atoms with Crippen molar-refractivity contribution in [1.29, 1.82) is 0 Å². The molecule has 3 saturated heterocycles. The van der Waals surface area contributed by atoms with Gasteiger partial charge in [-0.15, -0.1) is 0 Å². The molecular formula is C23H35N3O5. The number of benzene rings is 1. The van der Waals surface area contributed by atoms with E-state index in [4.69, 9.17) is 18.9 Å². The molecule has 8 heteroatoms. The number of hydrogen-bond donors (Lipinski definition) is 1. The maximum atomic E-state index is 13.2. The second kappa shape index (κ2) is 10.5. The van der Waals surface area contributed by atoms with Gasteiger partial charge in [-0.05, 0) is 31.4 Å². The Labute approximate surface area is 184 Å². The first-order chi connectivity index (χ1) is 15.2. The molecule has 0 spiro atoms. The molecule has 3 aliphatic heterocycles. The fourth-order valence-electron chi connectivity index (χ4n) is 5.08. The number of rotatable bonds is 7. The van der Waals surface area contributed by atoms with Crippen molar-refractivity contribution in [2.75, 3.05) is 66.8 Å². The molecule has 3 fully saturated rings. The standard InChI is InChI=1S/C23H35N3O5/c1-28-18-5-6-19(22(14-18)29-2)20-4-3-8-26(20)23(27)24-15-21(17-7-11-31-16-17)25-9-12-30-13-10-25/h5-6,14,17,20-21H,3-4,7-13,15-16H2,1-2H3,(H,24,27)/t17-,20-,21-/m0/s1. The molecule has 8 nitrogen and oxygen atoms in total. The first-order valence-corrected chi connectivity index (χ1v) is 11.4. The zero-order valence-electron chi connectivity index (χ0n) is 18.7. The van der Waals surface area contributed by atoms with Crippen LogP contribution in [0.15, 0.2) is 18.2 Å². The van der Waals surface area contributed by atoms with Crippen LogP contribution in [0.2, 0.25) is 0 Å². The number of carbonyl (C=O) groups is 1. The summed E-state index contributed by atoms with van der Waals surface area (Å²) in [6, 6.07) is 6.13. The molecule has 0 aliphatic carbocycles. The fraction of sp³-hybridized carbons (Fsp3) is 0.696. The molecule has 4 rings (SSSR count). The topological polar surface area (TPSA) is 72.5 Å². The molecule has 172 valence electrons. The molecule has 1 aromatic rings. The quantitative estimate of drug-likeness (QED) is 0.711. The summed E-state index contributed by atoms with van der Waals surface area (Å²) < 4.78 is 22.1. The monoisotopic (exact) mass is 433 g/mol. The molecule has 3 heterocycles. The van der Waals surface area contributed by atoms with Gasteiger partial charge in [0.15, 0.2) is 0 Å². The maximum Gasteiger partial charge on any atom is 0.317 e. The third-order valence-electron chi connectivity index (χ3n) is 6.80. The van der Waals surface area contributed by atoms with Crippen molar-refractivity contribution in [2.24, 2.45) is 5.92 Å². The summed E-state index contributed by atoms with van der Waals surface area (Å²) >= 11 is 0. The minimum Gasteiger partial charge on any atom is -0.497 e. The lowest BCUT2D eigenvalue weighted by Gasteiger charge is -2.38. The Kier molecular flexibility index (Phi) is 7.53. The lowest BCUT2D eigenvalue weighted by Crippen LogP contribution is -2.53. The second-order valence-corrected chi connectivity index (χ2v) is 8.48. The van der Waals surface area contributed by atoms with Crippen LogP contribution in [0.5, 0.6) is 11.5 Å². The summed E-state index contributed by atoms with van der Waals surface area (Å²) in [5.74, 6) is 1.97. The highest BCUT2D eigenvalue weighted by atomic mass is 16.5. The number of nitrogens with zero attached hydrogens (tertiary/aromatic N) is 2. The number of urea groups is 1. The number of morpholine rings is 1. The van der Waals surface area contributed by atoms with Crippen LogP contribution in [0.1, 0.15) is 30.9 Å². The maximum absolute atomic E-state index is 13.2. The van der Waals surface area contributed by atoms with Crippen molar-refractivity contribution in [2.45, 2.75) is 31.3 Å². The molecule has 0 aromatic heterocycles. The van der Waals surface area contributed by atoms with Crippen molar-refractivity contribution in [3.63, 3.8) is 0 Å². The molecule has 3 atom stereocenters. The molecule has 2 amide bonds. The number of likely N-dealkylation sites (tertiary alicyclic amines) is 1. The van der Waals surface area contributed by atoms with Gasteiger partial charge in [-0.1, -0.05) is 0 Å². The summed E-state index contributed by atoms with van der Waals surface area (Å²) in [4.78, 5) is 17.6. The van der Waals surface area contributed by atoms with Gasteiger partial charge in [0, 0.05) is 56.4 Å². The van der Waals surface area contributed by atoms with E-state index in [9.17, 15) is 4.79 Å². The Bertz CT molecular complexity index is 734. The Morgan fingerprint density at radius 2 is 1.97 bits per heavy atom. The lowest BCUT2D eigenvalue weighted by atomic mass is 9.97. The average molecular weight is 434 g/mol. The van der Waals surface area contributed by atoms with Crippen LogP contribution in [-0.4, -0.2) is 88.7 Å². The molecule has 3 aliphatic rings. The number of nitrogens with one attached hydrogen (secondary N) is 1. The van der Waals surface area contributed by atoms with Gasteiger partial charge in [-0.2, -0.15) is 0 Å². The van der Waals surface area contributed by atoms with Crippen LogP contribution in [0.3, 0.4) is 0 Å². The van der Waals surface area contributed by atoms with Crippen LogP contribution >= 0.6 is 0 Å². The van der Waals surface area contributed by atoms with E-state index in [0.717, 1.165) is 82.4 Å². The summed E-state index contributed by atoms with van der Waals surface area (Å²) in [5.41, 5.74) is 1.03. The van der Waals surface area contributed by atoms with E-state index in [1.807, 2.05) is 23.1 Å². The highest BCUT2D eigenvalue weighted by molar-refractivity contribution is 5.75. The summed E-state index contributed by atoms with van der Waals surface area (Å²) in [7, 11) is 3.30. The molecule has 1 aromatic carbocycles. The molecule has 1 N–H and O–H groups in total. The molecular weight excluding hydrogens is 398 g/mol. The molecule has 0 radical (unpaired) electrons. The van der Waals surface area contributed by atoms with E-state index in [0.29, 0.717) is 12.5 Å². The first-order valence-electron chi connectivity index (χ1n) is 11.4. The van der Waals surface area contributed by atoms with Gasteiger partial charge in [0.1, 0.15) is 11.5 Å². The first kappa shape index (κ1) is 22.2. The van der Waals surface area contributed by atoms with Crippen molar-refractivity contribution in [1.82, 2.24) is 15.1 Å². The van der Waals surface area contributed by atoms with E-state index in [1.54, 1.807) is 14.2 Å². The van der Waals surface area contributed by atoms with Crippen LogP contribution in [0.25, 0.3) is 0 Å². The van der Waals surface area contributed by atoms with Gasteiger partial charge in [0.05, 0.1) is 40.1 Å². The van der Waals surface area contributed by atoms with Crippen LogP contribution < -0.4 is 14.8 Å². The number of carbonyl (C=O) groups excluding carboxylic acids is 1. The highest BCUT2D eigenvalue weighted by Gasteiger charge is 2.35. The van der Waals surface area contributed by atoms with Gasteiger partial charge in [0.2, 0.25) is 0 Å².